The summed E-state index contributed by atoms with van der Waals surface area (Å²) in [5, 5.41) is 13.1. The molecule has 3 amide bonds. The smallest absolute Gasteiger partial charge is 0.404 e. The normalized spacial score (nSPS) is 24.0. The molecule has 0 unspecified atom stereocenters. The van der Waals surface area contributed by atoms with Gasteiger partial charge in [0.05, 0.1) is 0 Å². The van der Waals surface area contributed by atoms with Gasteiger partial charge in [0.25, 0.3) is 17.5 Å². The van der Waals surface area contributed by atoms with Crippen molar-refractivity contribution in [1.82, 2.24) is 10.2 Å². The fourth-order valence-electron chi connectivity index (χ4n) is 3.25. The van der Waals surface area contributed by atoms with Gasteiger partial charge >= 0.3 is 12.1 Å². The number of nitrogens with zero attached hydrogens (tertiary/aromatic N) is 1. The second kappa shape index (κ2) is 8.63. The Morgan fingerprint density at radius 1 is 1.43 bits per heavy atom. The highest BCUT2D eigenvalue weighted by atomic mass is 32.2. The summed E-state index contributed by atoms with van der Waals surface area (Å²) in [6.07, 6.45) is -2.02. The van der Waals surface area contributed by atoms with Crippen molar-refractivity contribution < 1.29 is 38.5 Å². The third-order valence-electron chi connectivity index (χ3n) is 4.61. The van der Waals surface area contributed by atoms with Gasteiger partial charge in [-0.1, -0.05) is 6.07 Å². The van der Waals surface area contributed by atoms with E-state index in [1.54, 1.807) is 17.5 Å². The number of methoxy groups -OCH3 is 2. The van der Waals surface area contributed by atoms with Crippen molar-refractivity contribution >= 4 is 47.0 Å². The molecule has 162 valence electrons. The van der Waals surface area contributed by atoms with Gasteiger partial charge in [-0.15, -0.1) is 23.1 Å². The maximum atomic E-state index is 13.0. The zero-order chi connectivity index (χ0) is 22.1. The van der Waals surface area contributed by atoms with Gasteiger partial charge in [0.2, 0.25) is 0 Å². The van der Waals surface area contributed by atoms with E-state index in [1.807, 2.05) is 0 Å². The summed E-state index contributed by atoms with van der Waals surface area (Å²) in [5.41, 5.74) is 3.06. The summed E-state index contributed by atoms with van der Waals surface area (Å²) in [4.78, 5) is 50.1. The molecule has 0 saturated carbocycles. The van der Waals surface area contributed by atoms with Gasteiger partial charge in [0.1, 0.15) is 17.7 Å². The van der Waals surface area contributed by atoms with Gasteiger partial charge in [-0.3, -0.25) is 14.5 Å². The van der Waals surface area contributed by atoms with E-state index in [2.05, 4.69) is 10.1 Å². The van der Waals surface area contributed by atoms with Crippen LogP contribution in [0.4, 0.5) is 4.79 Å². The van der Waals surface area contributed by atoms with Crippen LogP contribution >= 0.6 is 23.1 Å². The molecule has 3 rings (SSSR count). The lowest BCUT2D eigenvalue weighted by Crippen LogP contribution is -2.81. The summed E-state index contributed by atoms with van der Waals surface area (Å²) in [7, 11) is 2.61. The van der Waals surface area contributed by atoms with Crippen LogP contribution < -0.4 is 11.1 Å². The van der Waals surface area contributed by atoms with E-state index >= 15 is 0 Å². The van der Waals surface area contributed by atoms with Crippen molar-refractivity contribution in [2.45, 2.75) is 17.2 Å². The van der Waals surface area contributed by atoms with Crippen LogP contribution in [0.5, 0.6) is 0 Å². The van der Waals surface area contributed by atoms with Crippen LogP contribution in [0, 0.1) is 0 Å². The summed E-state index contributed by atoms with van der Waals surface area (Å²) in [6, 6.07) is 3.48. The zero-order valence-electron chi connectivity index (χ0n) is 15.9. The fraction of sp³-hybridized carbons (Fsp3) is 0.412. The molecule has 11 nitrogen and oxygen atoms in total. The monoisotopic (exact) mass is 457 g/mol. The quantitative estimate of drug-likeness (QED) is 0.367. The summed E-state index contributed by atoms with van der Waals surface area (Å²) in [6.45, 7) is -0.364. The fourth-order valence-corrected chi connectivity index (χ4v) is 5.47. The first-order chi connectivity index (χ1) is 14.3. The molecule has 0 spiro atoms. The zero-order valence-corrected chi connectivity index (χ0v) is 17.6. The van der Waals surface area contributed by atoms with Crippen LogP contribution in [-0.2, 0) is 28.6 Å². The molecular weight excluding hydrogens is 438 g/mol. The first kappa shape index (κ1) is 22.1. The Morgan fingerprint density at radius 2 is 2.17 bits per heavy atom. The van der Waals surface area contributed by atoms with Crippen molar-refractivity contribution in [3.05, 3.63) is 33.7 Å². The number of aliphatic carboxylic acids is 1. The number of nitrogens with two attached hydrogens (primary N) is 1. The lowest BCUT2D eigenvalue weighted by atomic mass is 9.97. The molecule has 0 aliphatic carbocycles. The number of carbonyl (C=O) groups excluding carboxylic acids is 3. The van der Waals surface area contributed by atoms with Crippen LogP contribution in [-0.4, -0.2) is 71.6 Å². The topological polar surface area (TPSA) is 157 Å². The predicted octanol–water partition coefficient (Wildman–Crippen LogP) is 0.244. The minimum Gasteiger partial charge on any atom is -0.477 e. The van der Waals surface area contributed by atoms with E-state index in [4.69, 9.17) is 15.2 Å². The van der Waals surface area contributed by atoms with Crippen LogP contribution in [0.3, 0.4) is 0 Å². The number of fused-ring (bicyclic) bond motifs is 1. The van der Waals surface area contributed by atoms with Gasteiger partial charge in [-0.05, 0) is 11.4 Å². The molecule has 1 aromatic heterocycles. The molecule has 0 bridgehead atoms. The first-order valence-corrected chi connectivity index (χ1v) is 10.5. The lowest BCUT2D eigenvalue weighted by molar-refractivity contribution is -0.194. The van der Waals surface area contributed by atoms with Crippen molar-refractivity contribution in [3.63, 3.8) is 0 Å². The number of nitrogens with one attached hydrogen (secondary N) is 1. The number of β-lactam (4-membered cyclic amide) rings is 1. The van der Waals surface area contributed by atoms with Gasteiger partial charge in [-0.25, -0.2) is 9.59 Å². The Hall–Kier alpha value is -2.61. The summed E-state index contributed by atoms with van der Waals surface area (Å²) >= 11 is 2.48. The second-order valence-electron chi connectivity index (χ2n) is 6.26. The van der Waals surface area contributed by atoms with Gasteiger partial charge in [-0.2, -0.15) is 0 Å². The van der Waals surface area contributed by atoms with Gasteiger partial charge < -0.3 is 30.4 Å². The Labute approximate surface area is 179 Å². The molecule has 30 heavy (non-hydrogen) atoms. The van der Waals surface area contributed by atoms with Crippen molar-refractivity contribution in [2.75, 3.05) is 26.6 Å². The predicted molar refractivity (Wildman–Crippen MR) is 105 cm³/mol. The van der Waals surface area contributed by atoms with E-state index in [-0.39, 0.29) is 23.6 Å². The molecule has 3 atom stereocenters. The number of rotatable bonds is 8. The minimum atomic E-state index is -1.76. The number of hydrogen-bond acceptors (Lipinski definition) is 9. The number of hydrogen-bond donors (Lipinski definition) is 3. The molecule has 0 aromatic carbocycles. The maximum Gasteiger partial charge on any atom is 0.404 e. The standard InChI is InChI=1S/C17H19N3O8S2/c1-26-11(9-4-3-5-29-9)12(21)19-17(27-2)14(24)20-10(13(22)23)8(6-28-16(18)25)7-30-15(17)20/h3-5,11,15H,6-7H2,1-2H3,(H2,18,25)(H,19,21)(H,22,23)/t11-,15-,17+/m1/s1. The highest BCUT2D eigenvalue weighted by Gasteiger charge is 2.67. The second-order valence-corrected chi connectivity index (χ2v) is 8.31. The molecule has 1 fully saturated rings. The van der Waals surface area contributed by atoms with E-state index in [0.29, 0.717) is 4.88 Å². The third-order valence-corrected chi connectivity index (χ3v) is 6.90. The molecule has 1 saturated heterocycles. The Balaban J connectivity index is 1.86. The SMILES string of the molecule is CO[C@@H](C(=O)N[C@]1(OC)C(=O)N2C(C(=O)O)=C(COC(N)=O)CS[C@@H]21)c1cccs1. The van der Waals surface area contributed by atoms with Crippen LogP contribution in [0.25, 0.3) is 0 Å². The Bertz CT molecular complexity index is 903. The number of thiophene rings is 1. The first-order valence-electron chi connectivity index (χ1n) is 8.53. The van der Waals surface area contributed by atoms with Crippen molar-refractivity contribution in [1.29, 1.82) is 0 Å². The van der Waals surface area contributed by atoms with Gasteiger partial charge in [0.15, 0.2) is 6.10 Å². The van der Waals surface area contributed by atoms with E-state index in [9.17, 15) is 24.3 Å². The number of amides is 3. The molecule has 1 aromatic rings. The molecular formula is C17H19N3O8S2. The molecule has 3 heterocycles. The Morgan fingerprint density at radius 3 is 2.70 bits per heavy atom. The molecule has 13 heteroatoms. The third kappa shape index (κ3) is 3.64. The number of thioether (sulfide) groups is 1. The van der Waals surface area contributed by atoms with Crippen LogP contribution in [0.1, 0.15) is 11.0 Å². The van der Waals surface area contributed by atoms with Crippen molar-refractivity contribution in [3.8, 4) is 0 Å². The van der Waals surface area contributed by atoms with E-state index < -0.39 is 41.1 Å². The highest BCUT2D eigenvalue weighted by molar-refractivity contribution is 8.00. The highest BCUT2D eigenvalue weighted by Crippen LogP contribution is 2.47. The van der Waals surface area contributed by atoms with Crippen LogP contribution in [0.15, 0.2) is 28.8 Å². The van der Waals surface area contributed by atoms with Crippen LogP contribution in [0.2, 0.25) is 0 Å². The van der Waals surface area contributed by atoms with Crippen molar-refractivity contribution in [2.24, 2.45) is 5.73 Å². The Kier molecular flexibility index (Phi) is 6.36. The number of carbonyl (C=O) groups is 4. The van der Waals surface area contributed by atoms with Gasteiger partial charge in [0, 0.05) is 30.4 Å². The largest absolute Gasteiger partial charge is 0.477 e. The summed E-state index contributed by atoms with van der Waals surface area (Å²) < 4.78 is 15.3. The molecule has 0 radical (unpaired) electrons. The average Bonchev–Trinajstić information content (AvgIpc) is 3.24. The number of primary amides is 1. The minimum absolute atomic E-state index is 0.128. The molecule has 4 N–H and O–H groups in total. The number of ether oxygens (including phenoxy) is 3. The average molecular weight is 457 g/mol. The number of carboxylic acid groups (broad SMARTS) is 1. The number of carboxylic acids is 1. The molecule has 2 aliphatic rings. The molecule has 2 aliphatic heterocycles. The van der Waals surface area contributed by atoms with E-state index in [0.717, 1.165) is 16.7 Å². The lowest BCUT2D eigenvalue weighted by Gasteiger charge is -2.55. The maximum absolute atomic E-state index is 13.0. The van der Waals surface area contributed by atoms with E-state index in [1.165, 1.54) is 25.6 Å². The summed E-state index contributed by atoms with van der Waals surface area (Å²) in [5.74, 6) is -2.60.